The molecule has 1 N–H and O–H groups in total. The molecule has 0 bridgehead atoms. The summed E-state index contributed by atoms with van der Waals surface area (Å²) in [6.45, 7) is 3.08. The number of hydrogen-bond donors (Lipinski definition) is 1. The highest BCUT2D eigenvalue weighted by Crippen LogP contribution is 2.33. The summed E-state index contributed by atoms with van der Waals surface area (Å²) in [6, 6.07) is 13.1. The van der Waals surface area contributed by atoms with Gasteiger partial charge in [-0.15, -0.1) is 0 Å². The maximum absolute atomic E-state index is 9.52. The molecular formula is C21H22N2O5. The average molecular weight is 382 g/mol. The summed E-state index contributed by atoms with van der Waals surface area (Å²) < 4.78 is 22.3. The van der Waals surface area contributed by atoms with E-state index in [1.807, 2.05) is 36.4 Å². The van der Waals surface area contributed by atoms with Crippen molar-refractivity contribution in [1.29, 1.82) is 0 Å². The molecule has 28 heavy (non-hydrogen) atoms. The van der Waals surface area contributed by atoms with Crippen molar-refractivity contribution in [3.63, 3.8) is 0 Å². The Kier molecular flexibility index (Phi) is 5.08. The summed E-state index contributed by atoms with van der Waals surface area (Å²) in [6.07, 6.45) is 0. The fourth-order valence-corrected chi connectivity index (χ4v) is 3.39. The van der Waals surface area contributed by atoms with E-state index in [0.29, 0.717) is 41.4 Å². The quantitative estimate of drug-likeness (QED) is 0.551. The summed E-state index contributed by atoms with van der Waals surface area (Å²) in [5.41, 5.74) is 2.48. The van der Waals surface area contributed by atoms with Gasteiger partial charge in [-0.05, 0) is 30.3 Å². The van der Waals surface area contributed by atoms with Crippen LogP contribution in [-0.2, 0) is 4.74 Å². The highest BCUT2D eigenvalue weighted by atomic mass is 16.5. The molecule has 0 saturated carbocycles. The molecule has 1 aliphatic heterocycles. The summed E-state index contributed by atoms with van der Waals surface area (Å²) in [7, 11) is 3.18. The third-order valence-corrected chi connectivity index (χ3v) is 4.88. The predicted octanol–water partition coefficient (Wildman–Crippen LogP) is 3.24. The monoisotopic (exact) mass is 382 g/mol. The van der Waals surface area contributed by atoms with Gasteiger partial charge < -0.3 is 28.7 Å². The van der Waals surface area contributed by atoms with Crippen molar-refractivity contribution in [3.8, 4) is 22.8 Å². The van der Waals surface area contributed by atoms with Crippen LogP contribution in [0.4, 0.5) is 5.69 Å². The molecule has 0 unspecified atom stereocenters. The second kappa shape index (κ2) is 7.82. The molecule has 0 atom stereocenters. The number of anilines is 1. The van der Waals surface area contributed by atoms with Crippen molar-refractivity contribution in [2.24, 2.45) is 5.16 Å². The molecule has 1 aromatic heterocycles. The number of benzene rings is 2. The zero-order valence-electron chi connectivity index (χ0n) is 15.8. The van der Waals surface area contributed by atoms with Crippen molar-refractivity contribution in [2.45, 2.75) is 0 Å². The number of morpholine rings is 1. The number of fused-ring (bicyclic) bond motifs is 1. The first kappa shape index (κ1) is 18.2. The Morgan fingerprint density at radius 3 is 2.46 bits per heavy atom. The van der Waals surface area contributed by atoms with E-state index in [1.165, 1.54) is 0 Å². The lowest BCUT2D eigenvalue weighted by molar-refractivity contribution is 0.122. The van der Waals surface area contributed by atoms with E-state index < -0.39 is 0 Å². The van der Waals surface area contributed by atoms with Crippen LogP contribution in [0, 0.1) is 0 Å². The van der Waals surface area contributed by atoms with Crippen LogP contribution in [0.1, 0.15) is 0 Å². The molecule has 0 aliphatic carbocycles. The lowest BCUT2D eigenvalue weighted by Crippen LogP contribution is -2.36. The smallest absolute Gasteiger partial charge is 0.161 e. The molecular weight excluding hydrogens is 360 g/mol. The number of rotatable bonds is 4. The van der Waals surface area contributed by atoms with Gasteiger partial charge in [-0.2, -0.15) is 0 Å². The Labute approximate surface area is 162 Å². The minimum atomic E-state index is 0.444. The Morgan fingerprint density at radius 2 is 1.75 bits per heavy atom. The highest BCUT2D eigenvalue weighted by Gasteiger charge is 2.14. The molecule has 4 rings (SSSR count). The van der Waals surface area contributed by atoms with Crippen LogP contribution in [0.2, 0.25) is 0 Å². The Morgan fingerprint density at radius 1 is 0.964 bits per heavy atom. The van der Waals surface area contributed by atoms with Crippen molar-refractivity contribution < 1.29 is 23.8 Å². The van der Waals surface area contributed by atoms with Crippen molar-refractivity contribution in [3.05, 3.63) is 47.8 Å². The third-order valence-electron chi connectivity index (χ3n) is 4.88. The first-order valence-electron chi connectivity index (χ1n) is 9.04. The van der Waals surface area contributed by atoms with Crippen LogP contribution < -0.4 is 19.7 Å². The first-order valence-corrected chi connectivity index (χ1v) is 9.04. The Bertz CT molecular complexity index is 1050. The van der Waals surface area contributed by atoms with Crippen molar-refractivity contribution in [1.82, 2.24) is 0 Å². The molecule has 1 saturated heterocycles. The molecule has 2 aromatic carbocycles. The number of ether oxygens (including phenoxy) is 3. The fourth-order valence-electron chi connectivity index (χ4n) is 3.39. The van der Waals surface area contributed by atoms with Crippen LogP contribution in [0.15, 0.2) is 52.0 Å². The van der Waals surface area contributed by atoms with Gasteiger partial charge in [-0.25, -0.2) is 0 Å². The highest BCUT2D eigenvalue weighted by molar-refractivity contribution is 5.82. The molecule has 7 nitrogen and oxygen atoms in total. The van der Waals surface area contributed by atoms with Crippen LogP contribution in [-0.4, -0.2) is 45.7 Å². The predicted molar refractivity (Wildman–Crippen MR) is 105 cm³/mol. The van der Waals surface area contributed by atoms with Gasteiger partial charge in [-0.1, -0.05) is 5.16 Å². The molecule has 0 amide bonds. The van der Waals surface area contributed by atoms with Gasteiger partial charge in [-0.3, -0.25) is 0 Å². The van der Waals surface area contributed by atoms with E-state index in [4.69, 9.17) is 18.6 Å². The normalized spacial score (nSPS) is 15.1. The van der Waals surface area contributed by atoms with E-state index in [0.717, 1.165) is 29.7 Å². The van der Waals surface area contributed by atoms with Gasteiger partial charge in [0.2, 0.25) is 0 Å². The maximum atomic E-state index is 9.52. The van der Waals surface area contributed by atoms with E-state index in [1.54, 1.807) is 20.3 Å². The van der Waals surface area contributed by atoms with Gasteiger partial charge in [0.25, 0.3) is 0 Å². The summed E-state index contributed by atoms with van der Waals surface area (Å²) in [5.74, 6) is 1.80. The molecule has 7 heteroatoms. The molecule has 1 aliphatic rings. The molecule has 3 aromatic rings. The van der Waals surface area contributed by atoms with Gasteiger partial charge in [0.15, 0.2) is 11.5 Å². The minimum absolute atomic E-state index is 0.444. The van der Waals surface area contributed by atoms with Crippen LogP contribution in [0.5, 0.6) is 11.5 Å². The molecule has 2 heterocycles. The largest absolute Gasteiger partial charge is 0.493 e. The van der Waals surface area contributed by atoms with E-state index in [2.05, 4.69) is 10.1 Å². The van der Waals surface area contributed by atoms with E-state index in [9.17, 15) is 5.21 Å². The lowest BCUT2D eigenvalue weighted by atomic mass is 10.1. The van der Waals surface area contributed by atoms with Gasteiger partial charge in [0.1, 0.15) is 16.7 Å². The minimum Gasteiger partial charge on any atom is -0.493 e. The summed E-state index contributed by atoms with van der Waals surface area (Å²) >= 11 is 0. The number of nitrogens with zero attached hydrogens (tertiary/aromatic N) is 2. The van der Waals surface area contributed by atoms with Crippen molar-refractivity contribution >= 4 is 16.7 Å². The molecule has 0 radical (unpaired) electrons. The SMILES string of the molecule is COc1ccc(-c2cc(=NO)c3ccc(N4CCOCC4)cc3o2)cc1OC. The second-order valence-electron chi connectivity index (χ2n) is 6.45. The van der Waals surface area contributed by atoms with Gasteiger partial charge in [0.05, 0.1) is 27.4 Å². The van der Waals surface area contributed by atoms with E-state index >= 15 is 0 Å². The van der Waals surface area contributed by atoms with Crippen LogP contribution in [0.25, 0.3) is 22.3 Å². The first-order chi connectivity index (χ1) is 13.7. The topological polar surface area (TPSA) is 76.7 Å². The second-order valence-corrected chi connectivity index (χ2v) is 6.45. The zero-order chi connectivity index (χ0) is 19.5. The van der Waals surface area contributed by atoms with E-state index in [-0.39, 0.29) is 0 Å². The molecule has 146 valence electrons. The maximum Gasteiger partial charge on any atom is 0.161 e. The summed E-state index contributed by atoms with van der Waals surface area (Å²) in [4.78, 5) is 2.25. The molecule has 0 spiro atoms. The number of methoxy groups -OCH3 is 2. The molecule has 1 fully saturated rings. The standard InChI is InChI=1S/C21H22N2O5/c1-25-18-6-3-14(11-21(18)26-2)19-13-17(22-24)16-5-4-15(12-20(16)28-19)23-7-9-27-10-8-23/h3-6,11-13,24H,7-10H2,1-2H3. The van der Waals surface area contributed by atoms with Crippen LogP contribution in [0.3, 0.4) is 0 Å². The summed E-state index contributed by atoms with van der Waals surface area (Å²) in [5, 5.41) is 14.2. The zero-order valence-corrected chi connectivity index (χ0v) is 15.8. The third kappa shape index (κ3) is 3.36. The van der Waals surface area contributed by atoms with Gasteiger partial charge >= 0.3 is 0 Å². The van der Waals surface area contributed by atoms with Gasteiger partial charge in [0, 0.05) is 41.9 Å². The van der Waals surface area contributed by atoms with Crippen molar-refractivity contribution in [2.75, 3.05) is 45.4 Å². The lowest BCUT2D eigenvalue weighted by Gasteiger charge is -2.28. The van der Waals surface area contributed by atoms with Crippen LogP contribution >= 0.6 is 0 Å². The Balaban J connectivity index is 1.83. The number of hydrogen-bond acceptors (Lipinski definition) is 7. The Hall–Kier alpha value is -3.19. The fraction of sp³-hybridized carbons (Fsp3) is 0.286. The average Bonchev–Trinajstić information content (AvgIpc) is 2.77.